The first kappa shape index (κ1) is 13.1. The minimum absolute atomic E-state index is 0.267. The lowest BCUT2D eigenvalue weighted by Crippen LogP contribution is -2.31. The number of likely N-dealkylation sites (N-methyl/N-ethyl adjacent to an activating group) is 1. The summed E-state index contributed by atoms with van der Waals surface area (Å²) in [6, 6.07) is 7.61. The van der Waals surface area contributed by atoms with Crippen LogP contribution >= 0.6 is 11.6 Å². The van der Waals surface area contributed by atoms with Crippen molar-refractivity contribution in [3.63, 3.8) is 0 Å². The van der Waals surface area contributed by atoms with Gasteiger partial charge in [0.05, 0.1) is 12.7 Å². The van der Waals surface area contributed by atoms with E-state index in [0.717, 1.165) is 24.1 Å². The van der Waals surface area contributed by atoms with Crippen LogP contribution in [0.4, 0.5) is 0 Å². The van der Waals surface area contributed by atoms with Gasteiger partial charge < -0.3 is 9.64 Å². The van der Waals surface area contributed by atoms with Gasteiger partial charge >= 0.3 is 5.97 Å². The number of halogens is 1. The highest BCUT2D eigenvalue weighted by atomic mass is 35.5. The van der Waals surface area contributed by atoms with Gasteiger partial charge in [-0.1, -0.05) is 29.8 Å². The van der Waals surface area contributed by atoms with Gasteiger partial charge in [0.1, 0.15) is 0 Å². The lowest BCUT2D eigenvalue weighted by Gasteiger charge is -2.27. The third-order valence-electron chi connectivity index (χ3n) is 3.17. The van der Waals surface area contributed by atoms with Gasteiger partial charge in [-0.3, -0.25) is 0 Å². The molecule has 0 radical (unpaired) electrons. The lowest BCUT2D eigenvalue weighted by molar-refractivity contribution is -0.136. The Kier molecular flexibility index (Phi) is 4.04. The van der Waals surface area contributed by atoms with E-state index in [1.165, 1.54) is 7.11 Å². The van der Waals surface area contributed by atoms with E-state index >= 15 is 0 Å². The highest BCUT2D eigenvalue weighted by Gasteiger charge is 2.24. The second-order valence-electron chi connectivity index (χ2n) is 4.42. The SMILES string of the molecule is COC(=O)C1=C(c2ccccc2Cl)CCN(C)C1. The third kappa shape index (κ3) is 2.57. The smallest absolute Gasteiger partial charge is 0.335 e. The number of nitrogens with zero attached hydrogens (tertiary/aromatic N) is 1. The van der Waals surface area contributed by atoms with Crippen molar-refractivity contribution in [1.29, 1.82) is 0 Å². The highest BCUT2D eigenvalue weighted by Crippen LogP contribution is 2.32. The van der Waals surface area contributed by atoms with Gasteiger partial charge in [-0.2, -0.15) is 0 Å². The van der Waals surface area contributed by atoms with Crippen molar-refractivity contribution in [2.45, 2.75) is 6.42 Å². The normalized spacial score (nSPS) is 16.8. The average Bonchev–Trinajstić information content (AvgIpc) is 2.39. The Bertz CT molecular complexity index is 496. The minimum Gasteiger partial charge on any atom is -0.466 e. The molecular weight excluding hydrogens is 250 g/mol. The van der Waals surface area contributed by atoms with Crippen LogP contribution in [0.1, 0.15) is 12.0 Å². The average molecular weight is 266 g/mol. The summed E-state index contributed by atoms with van der Waals surface area (Å²) in [5.74, 6) is -0.267. The Balaban J connectivity index is 2.50. The Labute approximate surface area is 112 Å². The molecule has 0 saturated heterocycles. The van der Waals surface area contributed by atoms with Crippen LogP contribution in [0.5, 0.6) is 0 Å². The molecule has 0 aromatic heterocycles. The maximum absolute atomic E-state index is 11.9. The molecule has 1 aromatic rings. The summed E-state index contributed by atoms with van der Waals surface area (Å²) < 4.78 is 4.86. The molecule has 3 nitrogen and oxygen atoms in total. The van der Waals surface area contributed by atoms with Gasteiger partial charge in [-0.25, -0.2) is 4.79 Å². The van der Waals surface area contributed by atoms with Gasteiger partial charge in [-0.15, -0.1) is 0 Å². The zero-order chi connectivity index (χ0) is 13.1. The molecule has 2 rings (SSSR count). The van der Waals surface area contributed by atoms with Crippen molar-refractivity contribution in [3.8, 4) is 0 Å². The number of carbonyl (C=O) groups excluding carboxylic acids is 1. The van der Waals surface area contributed by atoms with Gasteiger partial charge in [0.2, 0.25) is 0 Å². The minimum atomic E-state index is -0.267. The van der Waals surface area contributed by atoms with Crippen LogP contribution in [-0.4, -0.2) is 38.1 Å². The maximum Gasteiger partial charge on any atom is 0.335 e. The molecule has 0 unspecified atom stereocenters. The predicted octanol–water partition coefficient (Wildman–Crippen LogP) is 2.60. The van der Waals surface area contributed by atoms with E-state index in [-0.39, 0.29) is 5.97 Å². The van der Waals surface area contributed by atoms with Crippen molar-refractivity contribution < 1.29 is 9.53 Å². The molecule has 1 aliphatic heterocycles. The van der Waals surface area contributed by atoms with Crippen LogP contribution in [0, 0.1) is 0 Å². The first-order valence-corrected chi connectivity index (χ1v) is 6.25. The number of benzene rings is 1. The zero-order valence-corrected chi connectivity index (χ0v) is 11.3. The summed E-state index contributed by atoms with van der Waals surface area (Å²) in [7, 11) is 3.40. The fourth-order valence-electron chi connectivity index (χ4n) is 2.21. The van der Waals surface area contributed by atoms with Crippen LogP contribution in [-0.2, 0) is 9.53 Å². The van der Waals surface area contributed by atoms with Crippen molar-refractivity contribution in [3.05, 3.63) is 40.4 Å². The summed E-state index contributed by atoms with van der Waals surface area (Å²) in [5.41, 5.74) is 2.65. The Hall–Kier alpha value is -1.32. The molecule has 1 aliphatic rings. The van der Waals surface area contributed by atoms with Gasteiger partial charge in [-0.05, 0) is 30.7 Å². The van der Waals surface area contributed by atoms with E-state index in [9.17, 15) is 4.79 Å². The first-order chi connectivity index (χ1) is 8.63. The van der Waals surface area contributed by atoms with Crippen LogP contribution in [0.3, 0.4) is 0 Å². The summed E-state index contributed by atoms with van der Waals surface area (Å²) in [4.78, 5) is 14.0. The zero-order valence-electron chi connectivity index (χ0n) is 10.6. The largest absolute Gasteiger partial charge is 0.466 e. The van der Waals surface area contributed by atoms with Crippen LogP contribution in [0.25, 0.3) is 5.57 Å². The molecule has 0 amide bonds. The number of methoxy groups -OCH3 is 1. The van der Waals surface area contributed by atoms with Crippen molar-refractivity contribution in [1.82, 2.24) is 4.90 Å². The van der Waals surface area contributed by atoms with Crippen LogP contribution in [0.2, 0.25) is 5.02 Å². The number of carbonyl (C=O) groups is 1. The second kappa shape index (κ2) is 5.55. The highest BCUT2D eigenvalue weighted by molar-refractivity contribution is 6.32. The molecule has 0 atom stereocenters. The number of esters is 1. The van der Waals surface area contributed by atoms with E-state index in [4.69, 9.17) is 16.3 Å². The van der Waals surface area contributed by atoms with Crippen LogP contribution in [0.15, 0.2) is 29.8 Å². The van der Waals surface area contributed by atoms with Crippen molar-refractivity contribution >= 4 is 23.1 Å². The quantitative estimate of drug-likeness (QED) is 0.770. The standard InChI is InChI=1S/C14H16ClNO2/c1-16-8-7-10(12(9-16)14(17)18-2)11-5-3-4-6-13(11)15/h3-6H,7-9H2,1-2H3. The summed E-state index contributed by atoms with van der Waals surface area (Å²) in [6.45, 7) is 1.52. The Morgan fingerprint density at radius 2 is 2.11 bits per heavy atom. The Morgan fingerprint density at radius 1 is 1.39 bits per heavy atom. The van der Waals surface area contributed by atoms with Gasteiger partial charge in [0.15, 0.2) is 0 Å². The number of hydrogen-bond donors (Lipinski definition) is 0. The molecule has 0 N–H and O–H groups in total. The number of rotatable bonds is 2. The molecule has 0 bridgehead atoms. The topological polar surface area (TPSA) is 29.5 Å². The fourth-order valence-corrected chi connectivity index (χ4v) is 2.46. The van der Waals surface area contributed by atoms with Crippen molar-refractivity contribution in [2.75, 3.05) is 27.2 Å². The molecule has 1 aromatic carbocycles. The van der Waals surface area contributed by atoms with E-state index in [1.54, 1.807) is 0 Å². The molecule has 18 heavy (non-hydrogen) atoms. The molecular formula is C14H16ClNO2. The summed E-state index contributed by atoms with van der Waals surface area (Å²) in [5, 5.41) is 0.679. The van der Waals surface area contributed by atoms with Gasteiger partial charge in [0, 0.05) is 18.1 Å². The number of ether oxygens (including phenoxy) is 1. The first-order valence-electron chi connectivity index (χ1n) is 5.87. The van der Waals surface area contributed by atoms with E-state index in [0.29, 0.717) is 17.1 Å². The monoisotopic (exact) mass is 265 g/mol. The van der Waals surface area contributed by atoms with Crippen molar-refractivity contribution in [2.24, 2.45) is 0 Å². The van der Waals surface area contributed by atoms with E-state index in [2.05, 4.69) is 4.90 Å². The molecule has 0 aliphatic carbocycles. The van der Waals surface area contributed by atoms with E-state index < -0.39 is 0 Å². The fraction of sp³-hybridized carbons (Fsp3) is 0.357. The third-order valence-corrected chi connectivity index (χ3v) is 3.50. The lowest BCUT2D eigenvalue weighted by atomic mass is 9.93. The second-order valence-corrected chi connectivity index (χ2v) is 4.82. The number of hydrogen-bond acceptors (Lipinski definition) is 3. The molecule has 0 saturated carbocycles. The molecule has 0 spiro atoms. The maximum atomic E-state index is 11.9. The van der Waals surface area contributed by atoms with E-state index in [1.807, 2.05) is 31.3 Å². The predicted molar refractivity (Wildman–Crippen MR) is 72.5 cm³/mol. The van der Waals surface area contributed by atoms with Gasteiger partial charge in [0.25, 0.3) is 0 Å². The Morgan fingerprint density at radius 3 is 2.78 bits per heavy atom. The summed E-state index contributed by atoms with van der Waals surface area (Å²) >= 11 is 6.21. The molecule has 0 fully saturated rings. The molecule has 96 valence electrons. The molecule has 1 heterocycles. The van der Waals surface area contributed by atoms with Crippen LogP contribution < -0.4 is 0 Å². The summed E-state index contributed by atoms with van der Waals surface area (Å²) in [6.07, 6.45) is 0.810. The molecule has 4 heteroatoms.